The minimum absolute atomic E-state index is 0.0525. The third kappa shape index (κ3) is 3.17. The van der Waals surface area contributed by atoms with Crippen LogP contribution in [-0.2, 0) is 6.18 Å². The highest BCUT2D eigenvalue weighted by Crippen LogP contribution is 2.32. The summed E-state index contributed by atoms with van der Waals surface area (Å²) in [5.41, 5.74) is 5.25. The van der Waals surface area contributed by atoms with Crippen molar-refractivity contribution in [1.29, 1.82) is 0 Å². The summed E-state index contributed by atoms with van der Waals surface area (Å²) in [6.07, 6.45) is -4.51. The van der Waals surface area contributed by atoms with E-state index in [1.807, 2.05) is 0 Å². The predicted molar refractivity (Wildman–Crippen MR) is 68.1 cm³/mol. The molecule has 1 heterocycles. The summed E-state index contributed by atoms with van der Waals surface area (Å²) < 4.78 is 51.0. The number of anilines is 3. The van der Waals surface area contributed by atoms with Crippen molar-refractivity contribution in [2.24, 2.45) is 0 Å². The number of nitrogen functional groups attached to an aromatic ring is 1. The molecule has 1 aromatic heterocycles. The molecule has 0 saturated carbocycles. The lowest BCUT2D eigenvalue weighted by Crippen LogP contribution is -2.08. The maximum atomic E-state index is 13.1. The van der Waals surface area contributed by atoms with Crippen LogP contribution < -0.4 is 11.1 Å². The first-order valence-corrected chi connectivity index (χ1v) is 5.63. The number of aromatic nitrogens is 1. The van der Waals surface area contributed by atoms with Gasteiger partial charge in [-0.2, -0.15) is 13.2 Å². The van der Waals surface area contributed by atoms with Crippen molar-refractivity contribution in [1.82, 2.24) is 4.98 Å². The number of hydrogen-bond donors (Lipinski definition) is 2. The highest BCUT2D eigenvalue weighted by molar-refractivity contribution is 5.59. The maximum absolute atomic E-state index is 13.1. The van der Waals surface area contributed by atoms with Crippen LogP contribution in [0.15, 0.2) is 30.3 Å². The number of aryl methyl sites for hydroxylation is 1. The Hall–Kier alpha value is -2.31. The molecule has 3 nitrogen and oxygen atoms in total. The largest absolute Gasteiger partial charge is 0.416 e. The van der Waals surface area contributed by atoms with Crippen LogP contribution >= 0.6 is 0 Å². The van der Waals surface area contributed by atoms with Crippen LogP contribution in [0, 0.1) is 12.7 Å². The van der Waals surface area contributed by atoms with Gasteiger partial charge >= 0.3 is 6.18 Å². The predicted octanol–water partition coefficient (Wildman–Crippen LogP) is 3.87. The van der Waals surface area contributed by atoms with Gasteiger partial charge in [-0.05, 0) is 42.8 Å². The number of nitrogens with two attached hydrogens (primary N) is 1. The first kappa shape index (κ1) is 14.1. The van der Waals surface area contributed by atoms with Gasteiger partial charge in [0.1, 0.15) is 17.5 Å². The Labute approximate surface area is 112 Å². The molecule has 0 amide bonds. The number of benzene rings is 1. The lowest BCUT2D eigenvalue weighted by Gasteiger charge is -2.11. The number of nitrogens with one attached hydrogen (secondary N) is 1. The summed E-state index contributed by atoms with van der Waals surface area (Å²) in [7, 11) is 0. The van der Waals surface area contributed by atoms with Crippen molar-refractivity contribution in [3.63, 3.8) is 0 Å². The summed E-state index contributed by atoms with van der Waals surface area (Å²) in [4.78, 5) is 3.77. The SMILES string of the molecule is Cc1cc(Nc2cc(C(F)(F)F)cc(N)n2)ccc1F. The first-order valence-electron chi connectivity index (χ1n) is 5.63. The van der Waals surface area contributed by atoms with E-state index in [-0.39, 0.29) is 11.6 Å². The molecule has 20 heavy (non-hydrogen) atoms. The molecule has 0 spiro atoms. The molecule has 7 heteroatoms. The first-order chi connectivity index (χ1) is 9.25. The number of rotatable bonds is 2. The Morgan fingerprint density at radius 2 is 1.85 bits per heavy atom. The van der Waals surface area contributed by atoms with Crippen LogP contribution in [-0.4, -0.2) is 4.98 Å². The average Bonchev–Trinajstić information content (AvgIpc) is 2.32. The summed E-state index contributed by atoms with van der Waals surface area (Å²) in [6, 6.07) is 5.68. The van der Waals surface area contributed by atoms with Gasteiger partial charge in [-0.15, -0.1) is 0 Å². The molecule has 2 aromatic rings. The van der Waals surface area contributed by atoms with E-state index >= 15 is 0 Å². The molecule has 0 fully saturated rings. The molecule has 0 saturated heterocycles. The van der Waals surface area contributed by atoms with E-state index in [9.17, 15) is 17.6 Å². The molecular weight excluding hydrogens is 274 g/mol. The fourth-order valence-corrected chi connectivity index (χ4v) is 1.65. The van der Waals surface area contributed by atoms with E-state index in [0.29, 0.717) is 11.3 Å². The second-order valence-electron chi connectivity index (χ2n) is 4.25. The topological polar surface area (TPSA) is 50.9 Å². The Morgan fingerprint density at radius 1 is 1.15 bits per heavy atom. The van der Waals surface area contributed by atoms with E-state index in [2.05, 4.69) is 10.3 Å². The van der Waals surface area contributed by atoms with Gasteiger partial charge < -0.3 is 11.1 Å². The highest BCUT2D eigenvalue weighted by Gasteiger charge is 2.31. The minimum Gasteiger partial charge on any atom is -0.384 e. The van der Waals surface area contributed by atoms with Gasteiger partial charge in [0.2, 0.25) is 0 Å². The van der Waals surface area contributed by atoms with Crippen LogP contribution in [0.5, 0.6) is 0 Å². The van der Waals surface area contributed by atoms with Gasteiger partial charge in [-0.1, -0.05) is 0 Å². The van der Waals surface area contributed by atoms with E-state index < -0.39 is 17.6 Å². The normalized spacial score (nSPS) is 11.4. The molecule has 0 bridgehead atoms. The second-order valence-corrected chi connectivity index (χ2v) is 4.25. The van der Waals surface area contributed by atoms with Gasteiger partial charge in [-0.3, -0.25) is 0 Å². The quantitative estimate of drug-likeness (QED) is 0.823. The van der Waals surface area contributed by atoms with Crippen LogP contribution in [0.1, 0.15) is 11.1 Å². The molecule has 2 rings (SSSR count). The zero-order valence-corrected chi connectivity index (χ0v) is 10.4. The molecule has 1 aromatic carbocycles. The number of nitrogens with zero attached hydrogens (tertiary/aromatic N) is 1. The fourth-order valence-electron chi connectivity index (χ4n) is 1.65. The molecule has 3 N–H and O–H groups in total. The zero-order valence-electron chi connectivity index (χ0n) is 10.4. The summed E-state index contributed by atoms with van der Waals surface area (Å²) >= 11 is 0. The molecule has 0 aliphatic rings. The molecule has 0 unspecified atom stereocenters. The third-order valence-corrected chi connectivity index (χ3v) is 2.60. The van der Waals surface area contributed by atoms with Crippen molar-refractivity contribution in [3.05, 3.63) is 47.3 Å². The van der Waals surface area contributed by atoms with E-state index in [1.54, 1.807) is 6.92 Å². The summed E-state index contributed by atoms with van der Waals surface area (Å²) in [5, 5.41) is 2.67. The maximum Gasteiger partial charge on any atom is 0.416 e. The molecular formula is C13H11F4N3. The number of halogens is 4. The fraction of sp³-hybridized carbons (Fsp3) is 0.154. The van der Waals surface area contributed by atoms with Crippen molar-refractivity contribution in [2.75, 3.05) is 11.1 Å². The van der Waals surface area contributed by atoms with Gasteiger partial charge in [-0.25, -0.2) is 9.37 Å². The lowest BCUT2D eigenvalue weighted by molar-refractivity contribution is -0.137. The monoisotopic (exact) mass is 285 g/mol. The van der Waals surface area contributed by atoms with Crippen molar-refractivity contribution in [3.8, 4) is 0 Å². The zero-order chi connectivity index (χ0) is 14.9. The van der Waals surface area contributed by atoms with Gasteiger partial charge in [0.25, 0.3) is 0 Å². The molecule has 0 radical (unpaired) electrons. The molecule has 0 aliphatic heterocycles. The van der Waals surface area contributed by atoms with Crippen LogP contribution in [0.25, 0.3) is 0 Å². The minimum atomic E-state index is -4.51. The van der Waals surface area contributed by atoms with Gasteiger partial charge in [0, 0.05) is 5.69 Å². The van der Waals surface area contributed by atoms with E-state index in [4.69, 9.17) is 5.73 Å². The van der Waals surface area contributed by atoms with Gasteiger partial charge in [0.15, 0.2) is 0 Å². The Bertz CT molecular complexity index is 638. The smallest absolute Gasteiger partial charge is 0.384 e. The van der Waals surface area contributed by atoms with Crippen LogP contribution in [0.3, 0.4) is 0 Å². The lowest BCUT2D eigenvalue weighted by atomic mass is 10.2. The molecule has 0 atom stereocenters. The number of pyridine rings is 1. The van der Waals surface area contributed by atoms with Crippen LogP contribution in [0.4, 0.5) is 34.9 Å². The Morgan fingerprint density at radius 3 is 2.45 bits per heavy atom. The standard InChI is InChI=1S/C13H11F4N3/c1-7-4-9(2-3-10(7)14)19-12-6-8(13(15,16)17)5-11(18)20-12/h2-6H,1H3,(H3,18,19,20). The average molecular weight is 285 g/mol. The Balaban J connectivity index is 2.33. The van der Waals surface area contributed by atoms with Crippen molar-refractivity contribution < 1.29 is 17.6 Å². The van der Waals surface area contributed by atoms with E-state index in [0.717, 1.165) is 12.1 Å². The summed E-state index contributed by atoms with van der Waals surface area (Å²) in [6.45, 7) is 1.55. The Kier molecular flexibility index (Phi) is 3.52. The van der Waals surface area contributed by atoms with Crippen LogP contribution in [0.2, 0.25) is 0 Å². The number of hydrogen-bond acceptors (Lipinski definition) is 3. The second kappa shape index (κ2) is 4.99. The van der Waals surface area contributed by atoms with Gasteiger partial charge in [0.05, 0.1) is 5.56 Å². The van der Waals surface area contributed by atoms with E-state index in [1.165, 1.54) is 18.2 Å². The third-order valence-electron chi connectivity index (χ3n) is 2.60. The summed E-state index contributed by atoms with van der Waals surface area (Å²) in [5.74, 6) is -0.698. The molecule has 106 valence electrons. The number of alkyl halides is 3. The highest BCUT2D eigenvalue weighted by atomic mass is 19.4. The van der Waals surface area contributed by atoms with Crippen molar-refractivity contribution in [2.45, 2.75) is 13.1 Å². The molecule has 0 aliphatic carbocycles. The van der Waals surface area contributed by atoms with Crippen molar-refractivity contribution >= 4 is 17.3 Å².